The molecule has 0 bridgehead atoms. The second kappa shape index (κ2) is 5.08. The Balaban J connectivity index is 2.05. The van der Waals surface area contributed by atoms with E-state index in [1.807, 2.05) is 0 Å². The van der Waals surface area contributed by atoms with E-state index in [1.54, 1.807) is 0 Å². The number of nitrogens with one attached hydrogen (secondary N) is 1. The molecule has 2 heteroatoms. The summed E-state index contributed by atoms with van der Waals surface area (Å²) in [4.78, 5) is 0. The van der Waals surface area contributed by atoms with Crippen LogP contribution in [0.2, 0.25) is 0 Å². The van der Waals surface area contributed by atoms with Crippen molar-refractivity contribution in [1.82, 2.24) is 5.32 Å². The Morgan fingerprint density at radius 1 is 1.33 bits per heavy atom. The van der Waals surface area contributed by atoms with Crippen LogP contribution in [0.1, 0.15) is 39.5 Å². The van der Waals surface area contributed by atoms with E-state index >= 15 is 0 Å². The largest absolute Gasteiger partial charge is 0.313 e. The van der Waals surface area contributed by atoms with Crippen LogP contribution in [0, 0.1) is 5.92 Å². The molecule has 0 aromatic heterocycles. The van der Waals surface area contributed by atoms with E-state index in [0.29, 0.717) is 11.4 Å². The monoisotopic (exact) mass is 189 g/mol. The van der Waals surface area contributed by atoms with Crippen molar-refractivity contribution in [2.45, 2.75) is 50.9 Å². The van der Waals surface area contributed by atoms with Gasteiger partial charge in [0.15, 0.2) is 0 Å². The third kappa shape index (κ3) is 3.32. The summed E-state index contributed by atoms with van der Waals surface area (Å²) in [5, 5.41) is 3.89. The fourth-order valence-electron chi connectivity index (χ4n) is 1.48. The fourth-order valence-corrected chi connectivity index (χ4v) is 1.82. The molecule has 12 heavy (non-hydrogen) atoms. The lowest BCUT2D eigenvalue weighted by Gasteiger charge is -2.16. The maximum absolute atomic E-state index is 6.17. The van der Waals surface area contributed by atoms with Gasteiger partial charge >= 0.3 is 0 Å². The van der Waals surface area contributed by atoms with Gasteiger partial charge in [0.05, 0.1) is 0 Å². The molecule has 0 heterocycles. The first-order chi connectivity index (χ1) is 5.77. The molecule has 1 rings (SSSR count). The Hall–Kier alpha value is 0.250. The Morgan fingerprint density at radius 2 is 1.92 bits per heavy atom. The lowest BCUT2D eigenvalue weighted by molar-refractivity contribution is 0.473. The standard InChI is InChI=1S/C10H20ClN/c1-3-9(4-2)12-7-10(11)8-5-6-8/h8-10,12H,3-7H2,1-2H3. The summed E-state index contributed by atoms with van der Waals surface area (Å²) in [6.07, 6.45) is 5.12. The van der Waals surface area contributed by atoms with Crippen molar-refractivity contribution in [3.63, 3.8) is 0 Å². The maximum atomic E-state index is 6.17. The van der Waals surface area contributed by atoms with Crippen LogP contribution >= 0.6 is 11.6 Å². The summed E-state index contributed by atoms with van der Waals surface area (Å²) in [6, 6.07) is 0.671. The van der Waals surface area contributed by atoms with Crippen molar-refractivity contribution in [2.75, 3.05) is 6.54 Å². The molecular weight excluding hydrogens is 170 g/mol. The Bertz CT molecular complexity index is 117. The zero-order valence-corrected chi connectivity index (χ0v) is 8.90. The van der Waals surface area contributed by atoms with Gasteiger partial charge in [0.1, 0.15) is 0 Å². The third-order valence-corrected chi connectivity index (χ3v) is 3.23. The first-order valence-electron chi connectivity index (χ1n) is 5.15. The molecular formula is C10H20ClN. The predicted octanol–water partition coefficient (Wildman–Crippen LogP) is 2.78. The summed E-state index contributed by atoms with van der Waals surface area (Å²) in [6.45, 7) is 5.45. The van der Waals surface area contributed by atoms with Gasteiger partial charge in [-0.25, -0.2) is 0 Å². The van der Waals surface area contributed by atoms with Crippen molar-refractivity contribution in [2.24, 2.45) is 5.92 Å². The van der Waals surface area contributed by atoms with Gasteiger partial charge in [-0.05, 0) is 31.6 Å². The molecule has 1 N–H and O–H groups in total. The molecule has 1 atom stereocenters. The summed E-state index contributed by atoms with van der Waals surface area (Å²) in [7, 11) is 0. The van der Waals surface area contributed by atoms with E-state index in [9.17, 15) is 0 Å². The maximum Gasteiger partial charge on any atom is 0.0488 e. The highest BCUT2D eigenvalue weighted by atomic mass is 35.5. The van der Waals surface area contributed by atoms with Gasteiger partial charge in [0, 0.05) is 18.0 Å². The van der Waals surface area contributed by atoms with E-state index in [1.165, 1.54) is 25.7 Å². The third-order valence-electron chi connectivity index (χ3n) is 2.72. The number of alkyl halides is 1. The van der Waals surface area contributed by atoms with Crippen LogP contribution in [0.25, 0.3) is 0 Å². The van der Waals surface area contributed by atoms with Crippen LogP contribution in [0.5, 0.6) is 0 Å². The van der Waals surface area contributed by atoms with E-state index < -0.39 is 0 Å². The number of hydrogen-bond donors (Lipinski definition) is 1. The zero-order valence-electron chi connectivity index (χ0n) is 8.15. The molecule has 0 aliphatic heterocycles. The molecule has 1 unspecified atom stereocenters. The first-order valence-corrected chi connectivity index (χ1v) is 5.59. The van der Waals surface area contributed by atoms with E-state index in [4.69, 9.17) is 11.6 Å². The van der Waals surface area contributed by atoms with Gasteiger partial charge in [-0.15, -0.1) is 11.6 Å². The average Bonchev–Trinajstić information content (AvgIpc) is 2.88. The summed E-state index contributed by atoms with van der Waals surface area (Å²) >= 11 is 6.17. The number of rotatable bonds is 6. The van der Waals surface area contributed by atoms with Gasteiger partial charge in [0.2, 0.25) is 0 Å². The fraction of sp³-hybridized carbons (Fsp3) is 1.00. The smallest absolute Gasteiger partial charge is 0.0488 e. The van der Waals surface area contributed by atoms with Crippen LogP contribution in [0.3, 0.4) is 0 Å². The normalized spacial score (nSPS) is 20.0. The molecule has 0 aromatic carbocycles. The molecule has 0 radical (unpaired) electrons. The molecule has 0 amide bonds. The Morgan fingerprint density at radius 3 is 2.33 bits per heavy atom. The van der Waals surface area contributed by atoms with Crippen molar-refractivity contribution in [3.8, 4) is 0 Å². The number of hydrogen-bond acceptors (Lipinski definition) is 1. The van der Waals surface area contributed by atoms with Gasteiger partial charge in [-0.2, -0.15) is 0 Å². The molecule has 72 valence electrons. The zero-order chi connectivity index (χ0) is 8.97. The van der Waals surface area contributed by atoms with Crippen molar-refractivity contribution in [3.05, 3.63) is 0 Å². The minimum Gasteiger partial charge on any atom is -0.313 e. The predicted molar refractivity (Wildman–Crippen MR) is 54.7 cm³/mol. The van der Waals surface area contributed by atoms with Crippen molar-refractivity contribution >= 4 is 11.6 Å². The van der Waals surface area contributed by atoms with E-state index in [2.05, 4.69) is 19.2 Å². The van der Waals surface area contributed by atoms with E-state index in [0.717, 1.165) is 12.5 Å². The summed E-state index contributed by atoms with van der Waals surface area (Å²) in [5.74, 6) is 0.813. The SMILES string of the molecule is CCC(CC)NCC(Cl)C1CC1. The second-order valence-corrected chi connectivity index (χ2v) is 4.34. The molecule has 1 aliphatic rings. The number of halogens is 1. The van der Waals surface area contributed by atoms with Crippen LogP contribution in [-0.2, 0) is 0 Å². The van der Waals surface area contributed by atoms with Gasteiger partial charge in [0.25, 0.3) is 0 Å². The summed E-state index contributed by atoms with van der Waals surface area (Å²) < 4.78 is 0. The van der Waals surface area contributed by atoms with Gasteiger partial charge in [-0.1, -0.05) is 13.8 Å². The molecule has 0 aromatic rings. The molecule has 0 saturated heterocycles. The highest BCUT2D eigenvalue weighted by Gasteiger charge is 2.29. The second-order valence-electron chi connectivity index (χ2n) is 3.78. The van der Waals surface area contributed by atoms with Gasteiger partial charge in [-0.3, -0.25) is 0 Å². The molecule has 1 nitrogen and oxygen atoms in total. The Kier molecular flexibility index (Phi) is 4.38. The minimum absolute atomic E-state index is 0.380. The minimum atomic E-state index is 0.380. The van der Waals surface area contributed by atoms with Crippen LogP contribution in [0.4, 0.5) is 0 Å². The molecule has 0 spiro atoms. The highest BCUT2D eigenvalue weighted by Crippen LogP contribution is 2.35. The van der Waals surface area contributed by atoms with Crippen LogP contribution in [-0.4, -0.2) is 18.0 Å². The summed E-state index contributed by atoms with van der Waals surface area (Å²) in [5.41, 5.74) is 0. The molecule has 1 fully saturated rings. The lowest BCUT2D eigenvalue weighted by atomic mass is 10.1. The average molecular weight is 190 g/mol. The molecule has 1 saturated carbocycles. The van der Waals surface area contributed by atoms with Crippen LogP contribution < -0.4 is 5.32 Å². The van der Waals surface area contributed by atoms with Crippen molar-refractivity contribution < 1.29 is 0 Å². The highest BCUT2D eigenvalue weighted by molar-refractivity contribution is 6.21. The van der Waals surface area contributed by atoms with E-state index in [-0.39, 0.29) is 0 Å². The lowest BCUT2D eigenvalue weighted by Crippen LogP contribution is -2.33. The van der Waals surface area contributed by atoms with Gasteiger partial charge < -0.3 is 5.32 Å². The Labute approximate surface area is 80.9 Å². The van der Waals surface area contributed by atoms with Crippen LogP contribution in [0.15, 0.2) is 0 Å². The topological polar surface area (TPSA) is 12.0 Å². The van der Waals surface area contributed by atoms with Crippen molar-refractivity contribution in [1.29, 1.82) is 0 Å². The quantitative estimate of drug-likeness (QED) is 0.634. The molecule has 1 aliphatic carbocycles. The first kappa shape index (κ1) is 10.3.